The average Bonchev–Trinajstić information content (AvgIpc) is 2.61. The Labute approximate surface area is 130 Å². The fourth-order valence-corrected chi connectivity index (χ4v) is 2.29. The van der Waals surface area contributed by atoms with E-state index in [0.29, 0.717) is 6.61 Å². The lowest BCUT2D eigenvalue weighted by Gasteiger charge is -2.14. The normalized spacial score (nSPS) is 11.9. The maximum atomic E-state index is 6.30. The lowest BCUT2D eigenvalue weighted by Crippen LogP contribution is -2.12. The minimum Gasteiger partial charge on any atom is -0.489 e. The Kier molecular flexibility index (Phi) is 4.47. The van der Waals surface area contributed by atoms with E-state index < -0.39 is 0 Å². The van der Waals surface area contributed by atoms with Crippen LogP contribution in [0.3, 0.4) is 0 Å². The van der Waals surface area contributed by atoms with Gasteiger partial charge < -0.3 is 10.5 Å². The quantitative estimate of drug-likeness (QED) is 0.779. The van der Waals surface area contributed by atoms with Crippen molar-refractivity contribution in [1.82, 2.24) is 4.98 Å². The Morgan fingerprint density at radius 2 is 1.73 bits per heavy atom. The number of benzene rings is 2. The smallest absolute Gasteiger partial charge is 0.120 e. The zero-order valence-corrected chi connectivity index (χ0v) is 12.2. The summed E-state index contributed by atoms with van der Waals surface area (Å²) in [7, 11) is 0. The molecule has 1 heterocycles. The number of rotatable bonds is 5. The van der Waals surface area contributed by atoms with E-state index in [0.717, 1.165) is 22.4 Å². The fourth-order valence-electron chi connectivity index (χ4n) is 2.29. The van der Waals surface area contributed by atoms with Crippen LogP contribution in [0.5, 0.6) is 5.75 Å². The van der Waals surface area contributed by atoms with Crippen LogP contribution in [0.25, 0.3) is 0 Å². The summed E-state index contributed by atoms with van der Waals surface area (Å²) >= 11 is 0. The van der Waals surface area contributed by atoms with Gasteiger partial charge in [-0.3, -0.25) is 4.98 Å². The number of ether oxygens (including phenoxy) is 1. The zero-order valence-electron chi connectivity index (χ0n) is 12.2. The standard InChI is InChI=1S/C19H18N2O/c20-19(17-9-5-11-21-13-17)16-8-4-10-18(12-16)22-14-15-6-2-1-3-7-15/h1-13,19H,14,20H2. The van der Waals surface area contributed by atoms with Crippen molar-refractivity contribution in [3.05, 3.63) is 95.8 Å². The highest BCUT2D eigenvalue weighted by molar-refractivity contribution is 5.35. The van der Waals surface area contributed by atoms with Gasteiger partial charge in [-0.1, -0.05) is 48.5 Å². The molecule has 3 nitrogen and oxygen atoms in total. The van der Waals surface area contributed by atoms with Crippen LogP contribution in [0, 0.1) is 0 Å². The van der Waals surface area contributed by atoms with Crippen molar-refractivity contribution in [2.45, 2.75) is 12.6 Å². The van der Waals surface area contributed by atoms with Crippen molar-refractivity contribution in [3.63, 3.8) is 0 Å². The summed E-state index contributed by atoms with van der Waals surface area (Å²) in [5.41, 5.74) is 9.44. The molecule has 0 saturated heterocycles. The molecule has 3 aromatic rings. The molecule has 110 valence electrons. The summed E-state index contributed by atoms with van der Waals surface area (Å²) in [6.07, 6.45) is 3.54. The molecule has 0 saturated carbocycles. The molecule has 0 aliphatic rings. The van der Waals surface area contributed by atoms with Crippen LogP contribution in [0.1, 0.15) is 22.7 Å². The van der Waals surface area contributed by atoms with Gasteiger partial charge in [-0.05, 0) is 34.9 Å². The van der Waals surface area contributed by atoms with Crippen molar-refractivity contribution >= 4 is 0 Å². The largest absolute Gasteiger partial charge is 0.489 e. The van der Waals surface area contributed by atoms with Gasteiger partial charge in [0.05, 0.1) is 6.04 Å². The highest BCUT2D eigenvalue weighted by Gasteiger charge is 2.09. The Balaban J connectivity index is 1.72. The molecule has 1 atom stereocenters. The molecule has 1 aromatic heterocycles. The Bertz CT molecular complexity index is 714. The van der Waals surface area contributed by atoms with Crippen LogP contribution >= 0.6 is 0 Å². The molecular formula is C19H18N2O. The van der Waals surface area contributed by atoms with E-state index in [-0.39, 0.29) is 6.04 Å². The van der Waals surface area contributed by atoms with E-state index in [4.69, 9.17) is 10.5 Å². The summed E-state index contributed by atoms with van der Waals surface area (Å²) in [6, 6.07) is 21.7. The summed E-state index contributed by atoms with van der Waals surface area (Å²) in [5, 5.41) is 0. The predicted octanol–water partition coefficient (Wildman–Crippen LogP) is 3.71. The monoisotopic (exact) mass is 290 g/mol. The summed E-state index contributed by atoms with van der Waals surface area (Å²) in [5.74, 6) is 0.820. The van der Waals surface area contributed by atoms with Gasteiger partial charge in [0.25, 0.3) is 0 Å². The Morgan fingerprint density at radius 3 is 2.50 bits per heavy atom. The lowest BCUT2D eigenvalue weighted by atomic mass is 10.0. The van der Waals surface area contributed by atoms with Gasteiger partial charge in [0.1, 0.15) is 12.4 Å². The first-order chi connectivity index (χ1) is 10.8. The van der Waals surface area contributed by atoms with E-state index in [1.54, 1.807) is 12.4 Å². The van der Waals surface area contributed by atoms with Gasteiger partial charge >= 0.3 is 0 Å². The van der Waals surface area contributed by atoms with Gasteiger partial charge in [0.15, 0.2) is 0 Å². The molecule has 22 heavy (non-hydrogen) atoms. The number of aromatic nitrogens is 1. The van der Waals surface area contributed by atoms with Crippen LogP contribution in [0.15, 0.2) is 79.1 Å². The maximum absolute atomic E-state index is 6.30. The molecule has 0 spiro atoms. The van der Waals surface area contributed by atoms with Gasteiger partial charge in [-0.2, -0.15) is 0 Å². The molecule has 0 fully saturated rings. The number of nitrogens with two attached hydrogens (primary N) is 1. The molecule has 1 unspecified atom stereocenters. The molecule has 0 aliphatic carbocycles. The molecule has 0 amide bonds. The van der Waals surface area contributed by atoms with Gasteiger partial charge in [0.2, 0.25) is 0 Å². The minimum atomic E-state index is -0.200. The average molecular weight is 290 g/mol. The zero-order chi connectivity index (χ0) is 15.2. The third kappa shape index (κ3) is 3.51. The van der Waals surface area contributed by atoms with E-state index in [1.807, 2.05) is 66.7 Å². The van der Waals surface area contributed by atoms with Crippen molar-refractivity contribution in [3.8, 4) is 5.75 Å². The first-order valence-electron chi connectivity index (χ1n) is 7.25. The number of nitrogens with zero attached hydrogens (tertiary/aromatic N) is 1. The van der Waals surface area contributed by atoms with Crippen molar-refractivity contribution in [2.75, 3.05) is 0 Å². The van der Waals surface area contributed by atoms with E-state index in [1.165, 1.54) is 0 Å². The third-order valence-corrected chi connectivity index (χ3v) is 3.51. The summed E-state index contributed by atoms with van der Waals surface area (Å²) < 4.78 is 5.85. The summed E-state index contributed by atoms with van der Waals surface area (Å²) in [4.78, 5) is 4.12. The van der Waals surface area contributed by atoms with Crippen molar-refractivity contribution < 1.29 is 4.74 Å². The van der Waals surface area contributed by atoms with Crippen LogP contribution in [0.2, 0.25) is 0 Å². The number of hydrogen-bond acceptors (Lipinski definition) is 3. The minimum absolute atomic E-state index is 0.200. The molecule has 3 heteroatoms. The number of hydrogen-bond donors (Lipinski definition) is 1. The van der Waals surface area contributed by atoms with E-state index in [9.17, 15) is 0 Å². The second kappa shape index (κ2) is 6.87. The maximum Gasteiger partial charge on any atom is 0.120 e. The molecule has 0 aliphatic heterocycles. The van der Waals surface area contributed by atoms with Crippen molar-refractivity contribution in [2.24, 2.45) is 5.73 Å². The second-order valence-electron chi connectivity index (χ2n) is 5.11. The second-order valence-corrected chi connectivity index (χ2v) is 5.11. The lowest BCUT2D eigenvalue weighted by molar-refractivity contribution is 0.306. The third-order valence-electron chi connectivity index (χ3n) is 3.51. The molecule has 2 N–H and O–H groups in total. The van der Waals surface area contributed by atoms with Crippen LogP contribution in [-0.4, -0.2) is 4.98 Å². The molecule has 2 aromatic carbocycles. The summed E-state index contributed by atoms with van der Waals surface area (Å²) in [6.45, 7) is 0.548. The first-order valence-corrected chi connectivity index (χ1v) is 7.25. The van der Waals surface area contributed by atoms with Gasteiger partial charge in [-0.15, -0.1) is 0 Å². The van der Waals surface area contributed by atoms with Crippen LogP contribution in [0.4, 0.5) is 0 Å². The topological polar surface area (TPSA) is 48.1 Å². The Morgan fingerprint density at radius 1 is 0.909 bits per heavy atom. The van der Waals surface area contributed by atoms with Gasteiger partial charge in [-0.25, -0.2) is 0 Å². The number of pyridine rings is 1. The first kappa shape index (κ1) is 14.3. The molecular weight excluding hydrogens is 272 g/mol. The SMILES string of the molecule is NC(c1cccnc1)c1cccc(OCc2ccccc2)c1. The molecule has 0 radical (unpaired) electrons. The molecule has 3 rings (SSSR count). The van der Waals surface area contributed by atoms with Crippen LogP contribution < -0.4 is 10.5 Å². The van der Waals surface area contributed by atoms with E-state index >= 15 is 0 Å². The fraction of sp³-hybridized carbons (Fsp3) is 0.105. The van der Waals surface area contributed by atoms with Crippen molar-refractivity contribution in [1.29, 1.82) is 0 Å². The van der Waals surface area contributed by atoms with Gasteiger partial charge in [0, 0.05) is 12.4 Å². The molecule has 0 bridgehead atoms. The predicted molar refractivity (Wildman–Crippen MR) is 87.5 cm³/mol. The van der Waals surface area contributed by atoms with Crippen LogP contribution in [-0.2, 0) is 6.61 Å². The van der Waals surface area contributed by atoms with E-state index in [2.05, 4.69) is 4.98 Å². The Hall–Kier alpha value is -2.65. The highest BCUT2D eigenvalue weighted by atomic mass is 16.5. The highest BCUT2D eigenvalue weighted by Crippen LogP contribution is 2.23.